The van der Waals surface area contributed by atoms with Gasteiger partial charge in [0.25, 0.3) is 5.22 Å². The Morgan fingerprint density at radius 3 is 2.56 bits per heavy atom. The molecule has 3 N–H and O–H groups in total. The number of nitrogens with zero attached hydrogens (tertiary/aromatic N) is 1. The van der Waals surface area contributed by atoms with Gasteiger partial charge in [-0.05, 0) is 32.9 Å². The fourth-order valence-corrected chi connectivity index (χ4v) is 2.51. The summed E-state index contributed by atoms with van der Waals surface area (Å²) in [6.45, 7) is 5.32. The van der Waals surface area contributed by atoms with Gasteiger partial charge in [0.2, 0.25) is 11.8 Å². The van der Waals surface area contributed by atoms with Crippen LogP contribution < -0.4 is 16.2 Å². The number of thioether (sulfide) groups is 1. The van der Waals surface area contributed by atoms with Crippen molar-refractivity contribution in [1.29, 1.82) is 0 Å². The van der Waals surface area contributed by atoms with Crippen molar-refractivity contribution in [3.05, 3.63) is 24.3 Å². The number of hydrazine groups is 1. The first-order chi connectivity index (χ1) is 12.7. The summed E-state index contributed by atoms with van der Waals surface area (Å²) >= 11 is 1.12. The third-order valence-electron chi connectivity index (χ3n) is 2.96. The highest BCUT2D eigenvalue weighted by Crippen LogP contribution is 2.22. The lowest BCUT2D eigenvalue weighted by Crippen LogP contribution is -2.43. The molecule has 2 aromatic rings. The average Bonchev–Trinajstić information content (AvgIpc) is 2.99. The Kier molecular flexibility index (Phi) is 7.05. The molecule has 0 saturated carbocycles. The highest BCUT2D eigenvalue weighted by atomic mass is 32.2. The normalized spacial score (nSPS) is 11.1. The molecule has 0 atom stereocenters. The maximum atomic E-state index is 11.8. The van der Waals surface area contributed by atoms with Crippen molar-refractivity contribution in [2.75, 3.05) is 12.3 Å². The molecule has 0 fully saturated rings. The molecule has 0 aliphatic rings. The van der Waals surface area contributed by atoms with Gasteiger partial charge in [-0.1, -0.05) is 23.9 Å². The van der Waals surface area contributed by atoms with E-state index in [-0.39, 0.29) is 18.7 Å². The number of nitrogens with one attached hydrogen (secondary N) is 3. The SMILES string of the molecule is CC(C)(C)OC(=O)NCCC(=O)NNC(=O)CSc1nc2ccccc2o1. The molecule has 10 heteroatoms. The summed E-state index contributed by atoms with van der Waals surface area (Å²) in [5.74, 6) is -0.814. The highest BCUT2D eigenvalue weighted by molar-refractivity contribution is 7.99. The monoisotopic (exact) mass is 394 g/mol. The summed E-state index contributed by atoms with van der Waals surface area (Å²) in [6.07, 6.45) is -0.605. The molecule has 0 saturated heterocycles. The van der Waals surface area contributed by atoms with E-state index in [1.165, 1.54) is 0 Å². The summed E-state index contributed by atoms with van der Waals surface area (Å²) in [5, 5.41) is 2.83. The van der Waals surface area contributed by atoms with E-state index in [1.807, 2.05) is 18.2 Å². The summed E-state index contributed by atoms with van der Waals surface area (Å²) in [4.78, 5) is 39.1. The Labute approximate surface area is 160 Å². The van der Waals surface area contributed by atoms with Gasteiger partial charge in [-0.2, -0.15) is 0 Å². The minimum atomic E-state index is -0.604. The molecule has 1 aromatic heterocycles. The molecule has 1 aromatic carbocycles. The van der Waals surface area contributed by atoms with E-state index in [1.54, 1.807) is 26.8 Å². The molecule has 0 radical (unpaired) electrons. The number of benzene rings is 1. The van der Waals surface area contributed by atoms with Crippen molar-refractivity contribution in [2.45, 2.75) is 38.0 Å². The zero-order valence-corrected chi connectivity index (χ0v) is 16.1. The quantitative estimate of drug-likeness (QED) is 0.506. The highest BCUT2D eigenvalue weighted by Gasteiger charge is 2.16. The Hall–Kier alpha value is -2.75. The van der Waals surface area contributed by atoms with E-state index < -0.39 is 23.5 Å². The van der Waals surface area contributed by atoms with Gasteiger partial charge >= 0.3 is 6.09 Å². The van der Waals surface area contributed by atoms with E-state index in [2.05, 4.69) is 21.2 Å². The number of fused-ring (bicyclic) bond motifs is 1. The summed E-state index contributed by atoms with van der Waals surface area (Å²) in [6, 6.07) is 7.29. The van der Waals surface area contributed by atoms with Crippen LogP contribution in [0.1, 0.15) is 27.2 Å². The van der Waals surface area contributed by atoms with Crippen LogP contribution in [-0.4, -0.2) is 40.8 Å². The van der Waals surface area contributed by atoms with Crippen LogP contribution in [0.4, 0.5) is 4.79 Å². The first-order valence-electron chi connectivity index (χ1n) is 8.26. The van der Waals surface area contributed by atoms with Crippen molar-refractivity contribution in [3.63, 3.8) is 0 Å². The minimum absolute atomic E-state index is 0.00219. The minimum Gasteiger partial charge on any atom is -0.444 e. The lowest BCUT2D eigenvalue weighted by Gasteiger charge is -2.19. The molecule has 146 valence electrons. The first kappa shape index (κ1) is 20.6. The third-order valence-corrected chi connectivity index (χ3v) is 3.79. The van der Waals surface area contributed by atoms with Gasteiger partial charge in [0.1, 0.15) is 11.1 Å². The standard InChI is InChI=1S/C17H22N4O5S/c1-17(2,3)26-15(24)18-9-8-13(22)20-21-14(23)10-27-16-19-11-6-4-5-7-12(11)25-16/h4-7H,8-10H2,1-3H3,(H,18,24)(H,20,22)(H,21,23). The lowest BCUT2D eigenvalue weighted by atomic mass is 10.2. The van der Waals surface area contributed by atoms with Crippen molar-refractivity contribution < 1.29 is 23.5 Å². The molecule has 1 heterocycles. The third kappa shape index (κ3) is 7.57. The second-order valence-electron chi connectivity index (χ2n) is 6.51. The van der Waals surface area contributed by atoms with Gasteiger partial charge in [-0.25, -0.2) is 9.78 Å². The first-order valence-corrected chi connectivity index (χ1v) is 9.24. The van der Waals surface area contributed by atoms with Gasteiger partial charge in [-0.3, -0.25) is 20.4 Å². The molecule has 0 unspecified atom stereocenters. The molecule has 3 amide bonds. The fraction of sp³-hybridized carbons (Fsp3) is 0.412. The van der Waals surface area contributed by atoms with Crippen molar-refractivity contribution >= 4 is 40.8 Å². The van der Waals surface area contributed by atoms with Gasteiger partial charge in [0, 0.05) is 13.0 Å². The van der Waals surface area contributed by atoms with Crippen molar-refractivity contribution in [2.24, 2.45) is 0 Å². The molecule has 0 spiro atoms. The van der Waals surface area contributed by atoms with Crippen LogP contribution in [0.2, 0.25) is 0 Å². The number of alkyl carbamates (subject to hydrolysis) is 1. The van der Waals surface area contributed by atoms with Crippen LogP contribution in [0.25, 0.3) is 11.1 Å². The maximum Gasteiger partial charge on any atom is 0.407 e. The molecule has 0 bridgehead atoms. The molecular weight excluding hydrogens is 372 g/mol. The fourth-order valence-electron chi connectivity index (χ4n) is 1.87. The number of hydrogen-bond acceptors (Lipinski definition) is 7. The second kappa shape index (κ2) is 9.26. The van der Waals surface area contributed by atoms with Gasteiger partial charge < -0.3 is 14.5 Å². The summed E-state index contributed by atoms with van der Waals surface area (Å²) in [5.41, 5.74) is 5.32. The number of ether oxygens (including phenoxy) is 1. The van der Waals surface area contributed by atoms with E-state index in [0.717, 1.165) is 11.8 Å². The lowest BCUT2D eigenvalue weighted by molar-refractivity contribution is -0.127. The van der Waals surface area contributed by atoms with E-state index in [0.29, 0.717) is 16.3 Å². The van der Waals surface area contributed by atoms with E-state index in [9.17, 15) is 14.4 Å². The molecular formula is C17H22N4O5S. The van der Waals surface area contributed by atoms with Crippen LogP contribution in [0.3, 0.4) is 0 Å². The molecule has 9 nitrogen and oxygen atoms in total. The Morgan fingerprint density at radius 2 is 1.85 bits per heavy atom. The van der Waals surface area contributed by atoms with Crippen LogP contribution in [0, 0.1) is 0 Å². The molecule has 27 heavy (non-hydrogen) atoms. The predicted octanol–water partition coefficient (Wildman–Crippen LogP) is 1.98. The predicted molar refractivity (Wildman–Crippen MR) is 99.9 cm³/mol. The number of para-hydroxylation sites is 2. The van der Waals surface area contributed by atoms with Gasteiger partial charge in [0.15, 0.2) is 5.58 Å². The van der Waals surface area contributed by atoms with Crippen LogP contribution >= 0.6 is 11.8 Å². The number of aromatic nitrogens is 1. The van der Waals surface area contributed by atoms with Gasteiger partial charge in [0.05, 0.1) is 5.75 Å². The Bertz CT molecular complexity index is 782. The summed E-state index contributed by atoms with van der Waals surface area (Å²) < 4.78 is 10.5. The average molecular weight is 394 g/mol. The zero-order valence-electron chi connectivity index (χ0n) is 15.3. The van der Waals surface area contributed by atoms with Crippen molar-refractivity contribution in [3.8, 4) is 0 Å². The van der Waals surface area contributed by atoms with E-state index in [4.69, 9.17) is 9.15 Å². The molecule has 0 aliphatic carbocycles. The number of oxazole rings is 1. The number of amides is 3. The smallest absolute Gasteiger partial charge is 0.407 e. The number of carbonyl (C=O) groups excluding carboxylic acids is 3. The maximum absolute atomic E-state index is 11.8. The topological polar surface area (TPSA) is 123 Å². The van der Waals surface area contributed by atoms with Crippen LogP contribution in [-0.2, 0) is 14.3 Å². The Balaban J connectivity index is 1.62. The van der Waals surface area contributed by atoms with Crippen molar-refractivity contribution in [1.82, 2.24) is 21.2 Å². The van der Waals surface area contributed by atoms with E-state index >= 15 is 0 Å². The number of carbonyl (C=O) groups is 3. The molecule has 0 aliphatic heterocycles. The Morgan fingerprint density at radius 1 is 1.15 bits per heavy atom. The largest absolute Gasteiger partial charge is 0.444 e. The summed E-state index contributed by atoms with van der Waals surface area (Å²) in [7, 11) is 0. The molecule has 2 rings (SSSR count). The van der Waals surface area contributed by atoms with Gasteiger partial charge in [-0.15, -0.1) is 0 Å². The number of rotatable bonds is 6. The van der Waals surface area contributed by atoms with Crippen LogP contribution in [0.15, 0.2) is 33.9 Å². The second-order valence-corrected chi connectivity index (χ2v) is 7.44. The zero-order chi connectivity index (χ0) is 19.9. The van der Waals surface area contributed by atoms with Crippen LogP contribution in [0.5, 0.6) is 0 Å². The number of hydrogen-bond donors (Lipinski definition) is 3.